The van der Waals surface area contributed by atoms with E-state index in [9.17, 15) is 0 Å². The standard InChI is InChI=1S/C68H40BN3/c1-4-18-49(19-5-1)70-56-25-11-10-24-52(56)55-36-45(32-35-57(55)70)48-39-60-68-61(40-48)72(51-22-8-3-9-23-51)59-38-47-29-27-42-15-13-17-44-31-34-54(65(47)63(42)44)67(59)69(68)66-53-33-30-43-16-12-14-41-26-28-46(64(53)62(41)43)37-58(66)71(60)50-20-6-2-7-21-50/h1-40H. The van der Waals surface area contributed by atoms with E-state index >= 15 is 0 Å². The highest BCUT2D eigenvalue weighted by Crippen LogP contribution is 2.50. The quantitative estimate of drug-likeness (QED) is 0.129. The molecule has 2 aliphatic rings. The van der Waals surface area contributed by atoms with Gasteiger partial charge in [-0.25, -0.2) is 0 Å². The highest BCUT2D eigenvalue weighted by atomic mass is 15.2. The molecule has 3 nitrogen and oxygen atoms in total. The highest BCUT2D eigenvalue weighted by Gasteiger charge is 2.46. The van der Waals surface area contributed by atoms with E-state index in [-0.39, 0.29) is 6.71 Å². The molecule has 0 saturated carbocycles. The highest BCUT2D eigenvalue weighted by molar-refractivity contribution is 7.03. The minimum atomic E-state index is -0.102. The Morgan fingerprint density at radius 3 is 1.24 bits per heavy atom. The van der Waals surface area contributed by atoms with Crippen LogP contribution in [-0.4, -0.2) is 11.3 Å². The molecule has 0 radical (unpaired) electrons. The fourth-order valence-corrected chi connectivity index (χ4v) is 13.5. The maximum absolute atomic E-state index is 2.59. The van der Waals surface area contributed by atoms with Gasteiger partial charge in [-0.3, -0.25) is 0 Å². The van der Waals surface area contributed by atoms with Crippen molar-refractivity contribution in [1.29, 1.82) is 0 Å². The first-order valence-electron chi connectivity index (χ1n) is 25.1. The molecular formula is C68H40BN3. The first kappa shape index (κ1) is 38.5. The van der Waals surface area contributed by atoms with Gasteiger partial charge in [-0.2, -0.15) is 0 Å². The second-order valence-electron chi connectivity index (χ2n) is 20.0. The minimum absolute atomic E-state index is 0.102. The van der Waals surface area contributed by atoms with Gasteiger partial charge in [-0.05, 0) is 171 Å². The predicted molar refractivity (Wildman–Crippen MR) is 308 cm³/mol. The van der Waals surface area contributed by atoms with Crippen molar-refractivity contribution < 1.29 is 0 Å². The Morgan fingerprint density at radius 2 is 0.694 bits per heavy atom. The molecule has 0 aliphatic carbocycles. The molecule has 3 heterocycles. The van der Waals surface area contributed by atoms with Crippen LogP contribution in [0.5, 0.6) is 0 Å². The number of aromatic nitrogens is 1. The van der Waals surface area contributed by atoms with Gasteiger partial charge in [-0.15, -0.1) is 0 Å². The van der Waals surface area contributed by atoms with Gasteiger partial charge < -0.3 is 14.4 Å². The zero-order valence-corrected chi connectivity index (χ0v) is 39.0. The molecule has 4 heteroatoms. The minimum Gasteiger partial charge on any atom is -0.311 e. The monoisotopic (exact) mass is 909 g/mol. The van der Waals surface area contributed by atoms with E-state index < -0.39 is 0 Å². The largest absolute Gasteiger partial charge is 0.311 e. The molecule has 0 N–H and O–H groups in total. The van der Waals surface area contributed by atoms with Crippen molar-refractivity contribution in [3.8, 4) is 16.8 Å². The smallest absolute Gasteiger partial charge is 0.253 e. The third-order valence-corrected chi connectivity index (χ3v) is 16.3. The summed E-state index contributed by atoms with van der Waals surface area (Å²) in [7, 11) is 0. The summed E-state index contributed by atoms with van der Waals surface area (Å²) >= 11 is 0. The third-order valence-electron chi connectivity index (χ3n) is 16.3. The summed E-state index contributed by atoms with van der Waals surface area (Å²) < 4.78 is 2.41. The lowest BCUT2D eigenvalue weighted by Crippen LogP contribution is -2.61. The Labute approximate surface area is 415 Å². The SMILES string of the molecule is c1ccc(N2c3cc(-c4ccc5c(c4)c4ccccc4n5-c4ccccc4)cc4c3B(c3c2cc2ccc5cccc6ccc3c2c56)c2c(cc3ccc5cccc6ccc2c3c56)N4c2ccccc2)cc1. The van der Waals surface area contributed by atoms with Crippen LogP contribution in [0.25, 0.3) is 103 Å². The van der Waals surface area contributed by atoms with Gasteiger partial charge in [0.1, 0.15) is 0 Å². The Balaban J connectivity index is 1.04. The van der Waals surface area contributed by atoms with Gasteiger partial charge >= 0.3 is 0 Å². The van der Waals surface area contributed by atoms with Crippen LogP contribution in [0.15, 0.2) is 243 Å². The summed E-state index contributed by atoms with van der Waals surface area (Å²) in [5, 5.41) is 18.1. The average Bonchev–Trinajstić information content (AvgIpc) is 3.77. The molecule has 15 aromatic rings. The lowest BCUT2D eigenvalue weighted by atomic mass is 9.32. The van der Waals surface area contributed by atoms with E-state index in [4.69, 9.17) is 0 Å². The lowest BCUT2D eigenvalue weighted by Gasteiger charge is -2.45. The molecule has 14 aromatic carbocycles. The second-order valence-corrected chi connectivity index (χ2v) is 20.0. The summed E-state index contributed by atoms with van der Waals surface area (Å²) in [5.74, 6) is 0. The van der Waals surface area contributed by atoms with Gasteiger partial charge in [0.25, 0.3) is 6.71 Å². The van der Waals surface area contributed by atoms with Crippen LogP contribution in [0.1, 0.15) is 0 Å². The van der Waals surface area contributed by atoms with Crippen LogP contribution >= 0.6 is 0 Å². The number of nitrogens with zero attached hydrogens (tertiary/aromatic N) is 3. The zero-order valence-electron chi connectivity index (χ0n) is 39.0. The van der Waals surface area contributed by atoms with Crippen molar-refractivity contribution >= 4 is 144 Å². The van der Waals surface area contributed by atoms with Crippen LogP contribution in [-0.2, 0) is 0 Å². The number of rotatable bonds is 4. The van der Waals surface area contributed by atoms with Crippen molar-refractivity contribution in [2.45, 2.75) is 0 Å². The van der Waals surface area contributed by atoms with Gasteiger partial charge in [0.05, 0.1) is 11.0 Å². The molecule has 1 aromatic heterocycles. The normalized spacial score (nSPS) is 13.2. The Bertz CT molecular complexity index is 4500. The van der Waals surface area contributed by atoms with Gasteiger partial charge in [0, 0.05) is 50.6 Å². The lowest BCUT2D eigenvalue weighted by molar-refractivity contribution is 1.18. The third kappa shape index (κ3) is 5.05. The first-order chi connectivity index (χ1) is 35.7. The zero-order chi connectivity index (χ0) is 46.8. The van der Waals surface area contributed by atoms with Crippen molar-refractivity contribution in [3.63, 3.8) is 0 Å². The maximum Gasteiger partial charge on any atom is 0.253 e. The Hall–Kier alpha value is -9.38. The van der Waals surface area contributed by atoms with E-state index in [1.54, 1.807) is 0 Å². The van der Waals surface area contributed by atoms with E-state index in [0.717, 1.165) is 17.1 Å². The van der Waals surface area contributed by atoms with E-state index in [1.807, 2.05) is 0 Å². The first-order valence-corrected chi connectivity index (χ1v) is 25.1. The fourth-order valence-electron chi connectivity index (χ4n) is 13.5. The number of para-hydroxylation sites is 4. The molecular weight excluding hydrogens is 870 g/mol. The van der Waals surface area contributed by atoms with Crippen molar-refractivity contribution in [1.82, 2.24) is 4.57 Å². The number of anilines is 6. The molecule has 0 unspecified atom stereocenters. The molecule has 330 valence electrons. The number of fused-ring (bicyclic) bond motifs is 9. The average molecular weight is 910 g/mol. The van der Waals surface area contributed by atoms with Crippen LogP contribution in [0.4, 0.5) is 34.1 Å². The van der Waals surface area contributed by atoms with Crippen LogP contribution in [0.2, 0.25) is 0 Å². The van der Waals surface area contributed by atoms with E-state index in [0.29, 0.717) is 0 Å². The number of hydrogen-bond acceptors (Lipinski definition) is 2. The summed E-state index contributed by atoms with van der Waals surface area (Å²) in [4.78, 5) is 5.18. The molecule has 0 fully saturated rings. The molecule has 0 amide bonds. The topological polar surface area (TPSA) is 11.4 Å². The number of hydrogen-bond donors (Lipinski definition) is 0. The van der Waals surface area contributed by atoms with E-state index in [2.05, 4.69) is 257 Å². The number of benzene rings is 14. The molecule has 0 bridgehead atoms. The molecule has 0 saturated heterocycles. The van der Waals surface area contributed by atoms with Crippen molar-refractivity contribution in [2.75, 3.05) is 9.80 Å². The second kappa shape index (κ2) is 14.1. The van der Waals surface area contributed by atoms with Gasteiger partial charge in [0.15, 0.2) is 0 Å². The summed E-state index contributed by atoms with van der Waals surface area (Å²) in [6.07, 6.45) is 0. The van der Waals surface area contributed by atoms with Crippen molar-refractivity contribution in [2.24, 2.45) is 0 Å². The molecule has 17 rings (SSSR count). The van der Waals surface area contributed by atoms with Crippen LogP contribution in [0.3, 0.4) is 0 Å². The molecule has 72 heavy (non-hydrogen) atoms. The summed E-state index contributed by atoms with van der Waals surface area (Å²) in [5.41, 5.74) is 17.0. The molecule has 2 aliphatic heterocycles. The Morgan fingerprint density at radius 1 is 0.250 bits per heavy atom. The van der Waals surface area contributed by atoms with Gasteiger partial charge in [-0.1, -0.05) is 164 Å². The predicted octanol–water partition coefficient (Wildman–Crippen LogP) is 16.3. The van der Waals surface area contributed by atoms with Crippen LogP contribution < -0.4 is 26.2 Å². The molecule has 0 spiro atoms. The summed E-state index contributed by atoms with van der Waals surface area (Å²) in [6.45, 7) is -0.102. The van der Waals surface area contributed by atoms with Crippen LogP contribution in [0, 0.1) is 0 Å². The Kier molecular flexibility index (Phi) is 7.55. The molecule has 0 atom stereocenters. The van der Waals surface area contributed by atoms with Crippen molar-refractivity contribution in [3.05, 3.63) is 243 Å². The van der Waals surface area contributed by atoms with Gasteiger partial charge in [0.2, 0.25) is 0 Å². The van der Waals surface area contributed by atoms with E-state index in [1.165, 1.54) is 137 Å². The fraction of sp³-hybridized carbons (Fsp3) is 0. The summed E-state index contributed by atoms with van der Waals surface area (Å²) in [6, 6.07) is 91.4. The maximum atomic E-state index is 2.59.